The van der Waals surface area contributed by atoms with E-state index in [1.807, 2.05) is 0 Å². The van der Waals surface area contributed by atoms with Crippen molar-refractivity contribution < 1.29 is 27.1 Å². The molecule has 1 fully saturated rings. The number of carbonyl (C=O) groups excluding carboxylic acids is 1. The molecule has 0 bridgehead atoms. The Morgan fingerprint density at radius 2 is 1.65 bits per heavy atom. The number of aromatic nitrogens is 2. The number of ether oxygens (including phenoxy) is 1. The van der Waals surface area contributed by atoms with Crippen molar-refractivity contribution in [2.24, 2.45) is 0 Å². The molecule has 2 atom stereocenters. The lowest BCUT2D eigenvalue weighted by atomic mass is 10.0. The van der Waals surface area contributed by atoms with E-state index < -0.39 is 35.6 Å². The fraction of sp³-hybridized carbons (Fsp3) is 0.375. The molecule has 10 heteroatoms. The Morgan fingerprint density at radius 1 is 1.00 bits per heavy atom. The monoisotopic (exact) mass is 476 g/mol. The molecule has 1 aliphatic heterocycles. The van der Waals surface area contributed by atoms with Crippen molar-refractivity contribution in [2.45, 2.75) is 44.8 Å². The third-order valence-electron chi connectivity index (χ3n) is 5.40. The van der Waals surface area contributed by atoms with Crippen LogP contribution in [0.25, 0.3) is 22.0 Å². The number of amides is 1. The molecule has 1 amide bonds. The minimum absolute atomic E-state index is 0.0900. The summed E-state index contributed by atoms with van der Waals surface area (Å²) in [6, 6.07) is 11.1. The highest BCUT2D eigenvalue weighted by atomic mass is 19.4. The predicted octanol–water partition coefficient (Wildman–Crippen LogP) is 5.68. The van der Waals surface area contributed by atoms with Crippen LogP contribution in [0.4, 0.5) is 28.2 Å². The van der Waals surface area contributed by atoms with Crippen molar-refractivity contribution in [3.05, 3.63) is 54.1 Å². The van der Waals surface area contributed by atoms with Crippen LogP contribution in [0.2, 0.25) is 0 Å². The van der Waals surface area contributed by atoms with Gasteiger partial charge in [-0.1, -0.05) is 36.4 Å². The summed E-state index contributed by atoms with van der Waals surface area (Å²) in [5.74, 6) is 0.324. The SMILES string of the molecule is CC(C)(C)OC(=O)N1C[C@H](F)[C@H](Nc2nnc(-c3ccc(C(F)(F)F)cc3)c3ccccc23)C1. The molecule has 1 saturated heterocycles. The Balaban J connectivity index is 1.59. The predicted molar refractivity (Wildman–Crippen MR) is 120 cm³/mol. The molecular weight excluding hydrogens is 452 g/mol. The number of nitrogens with zero attached hydrogens (tertiary/aromatic N) is 3. The van der Waals surface area contributed by atoms with E-state index in [2.05, 4.69) is 15.5 Å². The molecule has 0 radical (unpaired) electrons. The zero-order valence-electron chi connectivity index (χ0n) is 18.9. The third kappa shape index (κ3) is 5.05. The number of alkyl halides is 4. The topological polar surface area (TPSA) is 67.3 Å². The summed E-state index contributed by atoms with van der Waals surface area (Å²) in [6.07, 6.45) is -6.37. The van der Waals surface area contributed by atoms with Gasteiger partial charge in [0.25, 0.3) is 0 Å². The zero-order valence-corrected chi connectivity index (χ0v) is 18.9. The Bertz CT molecular complexity index is 1190. The van der Waals surface area contributed by atoms with Crippen LogP contribution in [-0.4, -0.2) is 52.1 Å². The second-order valence-electron chi connectivity index (χ2n) is 9.17. The van der Waals surface area contributed by atoms with Crippen LogP contribution in [0.1, 0.15) is 26.3 Å². The van der Waals surface area contributed by atoms with E-state index in [4.69, 9.17) is 4.74 Å². The fourth-order valence-corrected chi connectivity index (χ4v) is 3.79. The van der Waals surface area contributed by atoms with Gasteiger partial charge in [0.2, 0.25) is 0 Å². The highest BCUT2D eigenvalue weighted by Crippen LogP contribution is 2.34. The summed E-state index contributed by atoms with van der Waals surface area (Å²) in [5, 5.41) is 12.7. The van der Waals surface area contributed by atoms with Crippen molar-refractivity contribution in [1.82, 2.24) is 15.1 Å². The first kappa shape index (κ1) is 23.7. The van der Waals surface area contributed by atoms with Gasteiger partial charge in [-0.2, -0.15) is 13.2 Å². The van der Waals surface area contributed by atoms with Crippen LogP contribution >= 0.6 is 0 Å². The molecule has 2 heterocycles. The summed E-state index contributed by atoms with van der Waals surface area (Å²) in [7, 11) is 0. The minimum atomic E-state index is -4.43. The molecule has 0 aliphatic carbocycles. The van der Waals surface area contributed by atoms with Crippen molar-refractivity contribution in [3.8, 4) is 11.3 Å². The van der Waals surface area contributed by atoms with Gasteiger partial charge in [0, 0.05) is 22.9 Å². The van der Waals surface area contributed by atoms with Crippen molar-refractivity contribution >= 4 is 22.7 Å². The second kappa shape index (κ2) is 8.73. The first-order valence-corrected chi connectivity index (χ1v) is 10.7. The van der Waals surface area contributed by atoms with Crippen LogP contribution in [0.3, 0.4) is 0 Å². The Labute approximate surface area is 193 Å². The number of halogens is 4. The van der Waals surface area contributed by atoms with Gasteiger partial charge in [0.05, 0.1) is 18.2 Å². The second-order valence-corrected chi connectivity index (χ2v) is 9.17. The number of fused-ring (bicyclic) bond motifs is 1. The largest absolute Gasteiger partial charge is 0.444 e. The summed E-state index contributed by atoms with van der Waals surface area (Å²) >= 11 is 0. The number of hydrogen-bond acceptors (Lipinski definition) is 5. The van der Waals surface area contributed by atoms with Gasteiger partial charge < -0.3 is 15.0 Å². The van der Waals surface area contributed by atoms with Crippen LogP contribution in [0.15, 0.2) is 48.5 Å². The van der Waals surface area contributed by atoms with Crippen LogP contribution in [-0.2, 0) is 10.9 Å². The average Bonchev–Trinajstić information content (AvgIpc) is 3.13. The van der Waals surface area contributed by atoms with Gasteiger partial charge >= 0.3 is 12.3 Å². The quantitative estimate of drug-likeness (QED) is 0.493. The normalized spacial score (nSPS) is 18.9. The standard InChI is InChI=1S/C24H24F4N4O2/c1-23(2,3)34-22(33)32-12-18(25)19(13-32)29-21-17-7-5-4-6-16(17)20(30-31-21)14-8-10-15(11-9-14)24(26,27)28/h4-11,18-19H,12-13H2,1-3H3,(H,29,31)/t18-,19+/m0/s1. The maximum atomic E-state index is 14.7. The number of likely N-dealkylation sites (tertiary alicyclic amines) is 1. The Morgan fingerprint density at radius 3 is 2.26 bits per heavy atom. The number of benzene rings is 2. The minimum Gasteiger partial charge on any atom is -0.444 e. The molecule has 1 aromatic heterocycles. The molecule has 1 aliphatic rings. The number of rotatable bonds is 3. The first-order valence-electron chi connectivity index (χ1n) is 10.7. The fourth-order valence-electron chi connectivity index (χ4n) is 3.79. The number of carbonyl (C=O) groups is 1. The Kier molecular flexibility index (Phi) is 6.09. The maximum absolute atomic E-state index is 14.7. The summed E-state index contributed by atoms with van der Waals surface area (Å²) in [4.78, 5) is 13.6. The van der Waals surface area contributed by atoms with Crippen molar-refractivity contribution in [2.75, 3.05) is 18.4 Å². The average molecular weight is 476 g/mol. The smallest absolute Gasteiger partial charge is 0.416 e. The molecule has 4 rings (SSSR count). The number of anilines is 1. The molecule has 2 aromatic carbocycles. The van der Waals surface area contributed by atoms with Crippen LogP contribution in [0.5, 0.6) is 0 Å². The van der Waals surface area contributed by atoms with Gasteiger partial charge in [-0.05, 0) is 32.9 Å². The number of nitrogens with one attached hydrogen (secondary N) is 1. The van der Waals surface area contributed by atoms with Gasteiger partial charge in [-0.15, -0.1) is 10.2 Å². The summed E-state index contributed by atoms with van der Waals surface area (Å²) in [6.45, 7) is 5.20. The van der Waals surface area contributed by atoms with E-state index in [0.717, 1.165) is 12.1 Å². The molecule has 180 valence electrons. The van der Waals surface area contributed by atoms with Crippen molar-refractivity contribution in [1.29, 1.82) is 0 Å². The molecular formula is C24H24F4N4O2. The van der Waals surface area contributed by atoms with E-state index in [1.165, 1.54) is 17.0 Å². The number of hydrogen-bond donors (Lipinski definition) is 1. The molecule has 1 N–H and O–H groups in total. The molecule has 34 heavy (non-hydrogen) atoms. The lowest BCUT2D eigenvalue weighted by Crippen LogP contribution is -2.36. The molecule has 0 unspecified atom stereocenters. The highest BCUT2D eigenvalue weighted by Gasteiger charge is 2.38. The molecule has 3 aromatic rings. The van der Waals surface area contributed by atoms with E-state index in [-0.39, 0.29) is 13.1 Å². The molecule has 0 spiro atoms. The van der Waals surface area contributed by atoms with Gasteiger partial charge in [-0.3, -0.25) is 0 Å². The van der Waals surface area contributed by atoms with E-state index in [0.29, 0.717) is 27.8 Å². The lowest BCUT2D eigenvalue weighted by molar-refractivity contribution is -0.137. The Hall–Kier alpha value is -3.43. The van der Waals surface area contributed by atoms with E-state index in [9.17, 15) is 22.4 Å². The van der Waals surface area contributed by atoms with Crippen LogP contribution in [0, 0.1) is 0 Å². The van der Waals surface area contributed by atoms with Gasteiger partial charge in [0.1, 0.15) is 17.5 Å². The molecule has 0 saturated carbocycles. The first-order chi connectivity index (χ1) is 15.9. The summed E-state index contributed by atoms with van der Waals surface area (Å²) in [5.41, 5.74) is -0.557. The van der Waals surface area contributed by atoms with Crippen LogP contribution < -0.4 is 5.32 Å². The van der Waals surface area contributed by atoms with Gasteiger partial charge in [0.15, 0.2) is 5.82 Å². The third-order valence-corrected chi connectivity index (χ3v) is 5.40. The maximum Gasteiger partial charge on any atom is 0.416 e. The van der Waals surface area contributed by atoms with E-state index >= 15 is 0 Å². The highest BCUT2D eigenvalue weighted by molar-refractivity contribution is 6.00. The zero-order chi connectivity index (χ0) is 24.7. The summed E-state index contributed by atoms with van der Waals surface area (Å²) < 4.78 is 58.8. The van der Waals surface area contributed by atoms with Crippen molar-refractivity contribution in [3.63, 3.8) is 0 Å². The van der Waals surface area contributed by atoms with E-state index in [1.54, 1.807) is 45.0 Å². The lowest BCUT2D eigenvalue weighted by Gasteiger charge is -2.24. The van der Waals surface area contributed by atoms with Gasteiger partial charge in [-0.25, -0.2) is 9.18 Å². The molecule has 6 nitrogen and oxygen atoms in total.